The van der Waals surface area contributed by atoms with E-state index in [1.165, 1.54) is 18.7 Å². The highest BCUT2D eigenvalue weighted by Gasteiger charge is 2.02. The maximum absolute atomic E-state index is 11.0. The van der Waals surface area contributed by atoms with E-state index in [4.69, 9.17) is 5.73 Å². The zero-order valence-corrected chi connectivity index (χ0v) is 9.86. The van der Waals surface area contributed by atoms with Crippen LogP contribution in [-0.2, 0) is 9.53 Å². The number of carbonyl (C=O) groups is 1. The van der Waals surface area contributed by atoms with Crippen molar-refractivity contribution in [3.8, 4) is 0 Å². The lowest BCUT2D eigenvalue weighted by Gasteiger charge is -2.08. The minimum atomic E-state index is -0.380. The molecule has 0 fully saturated rings. The van der Waals surface area contributed by atoms with Gasteiger partial charge in [-0.1, -0.05) is 19.9 Å². The average molecular weight is 219 g/mol. The van der Waals surface area contributed by atoms with Gasteiger partial charge >= 0.3 is 5.97 Å². The van der Waals surface area contributed by atoms with Crippen LogP contribution in [0.2, 0.25) is 0 Å². The molecule has 2 N–H and O–H groups in total. The second-order valence-electron chi connectivity index (χ2n) is 3.90. The van der Waals surface area contributed by atoms with E-state index in [2.05, 4.69) is 18.6 Å². The maximum atomic E-state index is 11.0. The molecule has 1 aromatic rings. The van der Waals surface area contributed by atoms with Crippen LogP contribution in [0.1, 0.15) is 30.9 Å². The molecular weight excluding hydrogens is 202 g/mol. The minimum absolute atomic E-state index is 0.380. The molecule has 0 aliphatic carbocycles. The van der Waals surface area contributed by atoms with Crippen molar-refractivity contribution in [2.45, 2.75) is 19.8 Å². The SMILES string of the molecule is COC(=O)C=Cc1cc(C(C)C)ccc1N. The van der Waals surface area contributed by atoms with Gasteiger partial charge in [0.2, 0.25) is 0 Å². The van der Waals surface area contributed by atoms with Gasteiger partial charge in [-0.2, -0.15) is 0 Å². The topological polar surface area (TPSA) is 52.3 Å². The summed E-state index contributed by atoms with van der Waals surface area (Å²) in [6.07, 6.45) is 3.04. The highest BCUT2D eigenvalue weighted by molar-refractivity contribution is 5.88. The van der Waals surface area contributed by atoms with Crippen molar-refractivity contribution in [1.82, 2.24) is 0 Å². The number of carbonyl (C=O) groups excluding carboxylic acids is 1. The lowest BCUT2D eigenvalue weighted by Crippen LogP contribution is -1.96. The van der Waals surface area contributed by atoms with Crippen LogP contribution in [0.5, 0.6) is 0 Å². The van der Waals surface area contributed by atoms with Crippen LogP contribution < -0.4 is 5.73 Å². The fourth-order valence-electron chi connectivity index (χ4n) is 1.32. The molecular formula is C13H17NO2. The first-order valence-electron chi connectivity index (χ1n) is 5.20. The van der Waals surface area contributed by atoms with Crippen molar-refractivity contribution in [3.63, 3.8) is 0 Å². The third kappa shape index (κ3) is 3.12. The smallest absolute Gasteiger partial charge is 0.330 e. The van der Waals surface area contributed by atoms with Crippen molar-refractivity contribution in [2.24, 2.45) is 0 Å². The van der Waals surface area contributed by atoms with E-state index in [1.807, 2.05) is 18.2 Å². The molecule has 1 aromatic carbocycles. The van der Waals surface area contributed by atoms with E-state index < -0.39 is 0 Å². The molecule has 0 saturated carbocycles. The first-order valence-corrected chi connectivity index (χ1v) is 5.20. The molecule has 1 rings (SSSR count). The van der Waals surface area contributed by atoms with E-state index >= 15 is 0 Å². The Labute approximate surface area is 95.9 Å². The van der Waals surface area contributed by atoms with Crippen LogP contribution in [-0.4, -0.2) is 13.1 Å². The second kappa shape index (κ2) is 5.35. The van der Waals surface area contributed by atoms with Crippen LogP contribution in [0.3, 0.4) is 0 Å². The van der Waals surface area contributed by atoms with E-state index in [0.717, 1.165) is 5.56 Å². The number of hydrogen-bond donors (Lipinski definition) is 1. The molecule has 0 aliphatic heterocycles. The lowest BCUT2D eigenvalue weighted by molar-refractivity contribution is -0.134. The number of ether oxygens (including phenoxy) is 1. The Hall–Kier alpha value is -1.77. The molecule has 0 spiro atoms. The summed E-state index contributed by atoms with van der Waals surface area (Å²) in [5, 5.41) is 0. The zero-order valence-electron chi connectivity index (χ0n) is 9.86. The monoisotopic (exact) mass is 219 g/mol. The first kappa shape index (κ1) is 12.3. The Morgan fingerprint density at radius 2 is 2.12 bits per heavy atom. The van der Waals surface area contributed by atoms with Crippen LogP contribution in [0.15, 0.2) is 24.3 Å². The molecule has 0 heterocycles. The molecule has 0 radical (unpaired) electrons. The predicted molar refractivity (Wildman–Crippen MR) is 66.0 cm³/mol. The fraction of sp³-hybridized carbons (Fsp3) is 0.308. The van der Waals surface area contributed by atoms with Gasteiger partial charge in [0, 0.05) is 11.8 Å². The Morgan fingerprint density at radius 1 is 1.44 bits per heavy atom. The summed E-state index contributed by atoms with van der Waals surface area (Å²) in [6, 6.07) is 5.83. The predicted octanol–water partition coefficient (Wildman–Crippen LogP) is 2.58. The first-order chi connectivity index (χ1) is 7.54. The molecule has 86 valence electrons. The Kier molecular flexibility index (Phi) is 4.11. The highest BCUT2D eigenvalue weighted by atomic mass is 16.5. The highest BCUT2D eigenvalue weighted by Crippen LogP contribution is 2.21. The van der Waals surface area contributed by atoms with E-state index in [-0.39, 0.29) is 5.97 Å². The number of nitrogen functional groups attached to an aromatic ring is 1. The standard InChI is InChI=1S/C13H17NO2/c1-9(2)10-4-6-12(14)11(8-10)5-7-13(15)16-3/h4-9H,14H2,1-3H3. The average Bonchev–Trinajstić information content (AvgIpc) is 2.27. The largest absolute Gasteiger partial charge is 0.466 e. The van der Waals surface area contributed by atoms with Crippen LogP contribution in [0.25, 0.3) is 6.08 Å². The molecule has 0 aliphatic rings. The lowest BCUT2D eigenvalue weighted by atomic mass is 9.99. The number of anilines is 1. The van der Waals surface area contributed by atoms with Gasteiger partial charge in [-0.15, -0.1) is 0 Å². The Balaban J connectivity index is 2.98. The van der Waals surface area contributed by atoms with E-state index in [9.17, 15) is 4.79 Å². The Bertz CT molecular complexity index is 408. The van der Waals surface area contributed by atoms with Crippen LogP contribution >= 0.6 is 0 Å². The summed E-state index contributed by atoms with van der Waals surface area (Å²) < 4.78 is 4.52. The summed E-state index contributed by atoms with van der Waals surface area (Å²) >= 11 is 0. The number of hydrogen-bond acceptors (Lipinski definition) is 3. The molecule has 0 atom stereocenters. The van der Waals surface area contributed by atoms with Gasteiger partial charge in [-0.25, -0.2) is 4.79 Å². The molecule has 0 unspecified atom stereocenters. The third-order valence-corrected chi connectivity index (χ3v) is 2.38. The van der Waals surface area contributed by atoms with Crippen LogP contribution in [0.4, 0.5) is 5.69 Å². The van der Waals surface area contributed by atoms with Gasteiger partial charge < -0.3 is 10.5 Å². The molecule has 0 bridgehead atoms. The van der Waals surface area contributed by atoms with Crippen molar-refractivity contribution in [2.75, 3.05) is 12.8 Å². The molecule has 0 saturated heterocycles. The Morgan fingerprint density at radius 3 is 2.69 bits per heavy atom. The number of benzene rings is 1. The summed E-state index contributed by atoms with van der Waals surface area (Å²) in [4.78, 5) is 11.0. The fourth-order valence-corrected chi connectivity index (χ4v) is 1.32. The van der Waals surface area contributed by atoms with Gasteiger partial charge in [0.1, 0.15) is 0 Å². The quantitative estimate of drug-likeness (QED) is 0.483. The number of nitrogens with two attached hydrogens (primary N) is 1. The molecule has 0 amide bonds. The number of esters is 1. The third-order valence-electron chi connectivity index (χ3n) is 2.38. The molecule has 16 heavy (non-hydrogen) atoms. The van der Waals surface area contributed by atoms with Crippen molar-refractivity contribution in [3.05, 3.63) is 35.4 Å². The van der Waals surface area contributed by atoms with E-state index in [0.29, 0.717) is 11.6 Å². The molecule has 3 heteroatoms. The van der Waals surface area contributed by atoms with E-state index in [1.54, 1.807) is 6.08 Å². The van der Waals surface area contributed by atoms with Crippen molar-refractivity contribution < 1.29 is 9.53 Å². The number of methoxy groups -OCH3 is 1. The molecule has 0 aromatic heterocycles. The summed E-state index contributed by atoms with van der Waals surface area (Å²) in [5.74, 6) is 0.0558. The van der Waals surface area contributed by atoms with Gasteiger partial charge in [-0.05, 0) is 35.3 Å². The van der Waals surface area contributed by atoms with Crippen molar-refractivity contribution >= 4 is 17.7 Å². The van der Waals surface area contributed by atoms with Crippen LogP contribution in [0, 0.1) is 0 Å². The summed E-state index contributed by atoms with van der Waals surface area (Å²) in [7, 11) is 1.35. The van der Waals surface area contributed by atoms with Gasteiger partial charge in [0.05, 0.1) is 7.11 Å². The van der Waals surface area contributed by atoms with Gasteiger partial charge in [0.25, 0.3) is 0 Å². The zero-order chi connectivity index (χ0) is 12.1. The van der Waals surface area contributed by atoms with Gasteiger partial charge in [-0.3, -0.25) is 0 Å². The maximum Gasteiger partial charge on any atom is 0.330 e. The summed E-state index contributed by atoms with van der Waals surface area (Å²) in [6.45, 7) is 4.22. The minimum Gasteiger partial charge on any atom is -0.466 e. The normalized spacial score (nSPS) is 11.0. The van der Waals surface area contributed by atoms with Gasteiger partial charge in [0.15, 0.2) is 0 Å². The van der Waals surface area contributed by atoms with Crippen molar-refractivity contribution in [1.29, 1.82) is 0 Å². The summed E-state index contributed by atoms with van der Waals surface area (Å²) in [5.41, 5.74) is 8.51. The number of rotatable bonds is 3. The second-order valence-corrected chi connectivity index (χ2v) is 3.90. The molecule has 3 nitrogen and oxygen atoms in total.